The normalized spacial score (nSPS) is 18.4. The Morgan fingerprint density at radius 3 is 2.80 bits per heavy atom. The SMILES string of the molecule is COC[C@H]1CCCN1c1ccc(C#N)c2ccccc12. The van der Waals surface area contributed by atoms with Crippen LogP contribution in [-0.4, -0.2) is 26.3 Å². The Morgan fingerprint density at radius 1 is 1.25 bits per heavy atom. The Kier molecular flexibility index (Phi) is 3.58. The molecule has 3 nitrogen and oxygen atoms in total. The third-order valence-corrected chi connectivity index (χ3v) is 4.07. The molecule has 3 rings (SSSR count). The molecule has 1 atom stereocenters. The minimum absolute atomic E-state index is 0.441. The summed E-state index contributed by atoms with van der Waals surface area (Å²) in [4.78, 5) is 2.42. The topological polar surface area (TPSA) is 36.3 Å². The first-order valence-corrected chi connectivity index (χ1v) is 7.02. The molecule has 1 aliphatic rings. The summed E-state index contributed by atoms with van der Waals surface area (Å²) in [6.07, 6.45) is 2.37. The fourth-order valence-electron chi connectivity index (χ4n) is 3.15. The van der Waals surface area contributed by atoms with Gasteiger partial charge in [0.25, 0.3) is 0 Å². The minimum atomic E-state index is 0.441. The zero-order chi connectivity index (χ0) is 13.9. The molecule has 0 amide bonds. The van der Waals surface area contributed by atoms with Crippen molar-refractivity contribution < 1.29 is 4.74 Å². The number of hydrogen-bond donors (Lipinski definition) is 0. The highest BCUT2D eigenvalue weighted by Gasteiger charge is 2.26. The number of rotatable bonds is 3. The summed E-state index contributed by atoms with van der Waals surface area (Å²) in [5.74, 6) is 0. The monoisotopic (exact) mass is 266 g/mol. The summed E-state index contributed by atoms with van der Waals surface area (Å²) >= 11 is 0. The molecule has 0 aromatic heterocycles. The summed E-state index contributed by atoms with van der Waals surface area (Å²) < 4.78 is 5.34. The number of nitrogens with zero attached hydrogens (tertiary/aromatic N) is 2. The first kappa shape index (κ1) is 13.0. The molecule has 0 saturated carbocycles. The number of hydrogen-bond acceptors (Lipinski definition) is 3. The van der Waals surface area contributed by atoms with E-state index in [1.54, 1.807) is 7.11 Å². The zero-order valence-corrected chi connectivity index (χ0v) is 11.7. The van der Waals surface area contributed by atoms with Crippen LogP contribution in [0.1, 0.15) is 18.4 Å². The number of anilines is 1. The summed E-state index contributed by atoms with van der Waals surface area (Å²) in [7, 11) is 1.76. The molecular weight excluding hydrogens is 248 g/mol. The van der Waals surface area contributed by atoms with Gasteiger partial charge in [0.05, 0.1) is 24.3 Å². The van der Waals surface area contributed by atoms with E-state index < -0.39 is 0 Å². The van der Waals surface area contributed by atoms with E-state index in [-0.39, 0.29) is 0 Å². The number of benzene rings is 2. The molecule has 2 aromatic rings. The number of fused-ring (bicyclic) bond motifs is 1. The molecular formula is C17H18N2O. The third kappa shape index (κ3) is 2.13. The van der Waals surface area contributed by atoms with Gasteiger partial charge in [-0.05, 0) is 25.0 Å². The van der Waals surface area contributed by atoms with Crippen LogP contribution in [0, 0.1) is 11.3 Å². The second-order valence-corrected chi connectivity index (χ2v) is 5.23. The molecule has 1 saturated heterocycles. The molecule has 0 N–H and O–H groups in total. The van der Waals surface area contributed by atoms with E-state index in [9.17, 15) is 5.26 Å². The first-order chi connectivity index (χ1) is 9.85. The zero-order valence-electron chi connectivity index (χ0n) is 11.7. The predicted molar refractivity (Wildman–Crippen MR) is 80.9 cm³/mol. The van der Waals surface area contributed by atoms with E-state index in [1.165, 1.54) is 18.5 Å². The third-order valence-electron chi connectivity index (χ3n) is 4.07. The lowest BCUT2D eigenvalue weighted by Gasteiger charge is -2.27. The number of ether oxygens (including phenoxy) is 1. The van der Waals surface area contributed by atoms with Crippen LogP contribution in [0.3, 0.4) is 0 Å². The molecule has 1 fully saturated rings. The lowest BCUT2D eigenvalue weighted by Crippen LogP contribution is -2.32. The lowest BCUT2D eigenvalue weighted by atomic mass is 10.0. The second kappa shape index (κ2) is 5.52. The van der Waals surface area contributed by atoms with E-state index >= 15 is 0 Å². The molecule has 0 radical (unpaired) electrons. The van der Waals surface area contributed by atoms with Crippen molar-refractivity contribution in [1.82, 2.24) is 0 Å². The lowest BCUT2D eigenvalue weighted by molar-refractivity contribution is 0.181. The van der Waals surface area contributed by atoms with E-state index in [0.29, 0.717) is 6.04 Å². The molecule has 0 unspecified atom stereocenters. The van der Waals surface area contributed by atoms with Crippen molar-refractivity contribution in [2.45, 2.75) is 18.9 Å². The Labute approximate surface area is 119 Å². The van der Waals surface area contributed by atoms with Crippen molar-refractivity contribution in [2.75, 3.05) is 25.2 Å². The van der Waals surface area contributed by atoms with E-state index in [4.69, 9.17) is 4.74 Å². The van der Waals surface area contributed by atoms with E-state index in [0.717, 1.165) is 29.5 Å². The highest BCUT2D eigenvalue weighted by molar-refractivity contribution is 5.98. The largest absolute Gasteiger partial charge is 0.383 e. The fraction of sp³-hybridized carbons (Fsp3) is 0.353. The van der Waals surface area contributed by atoms with Gasteiger partial charge >= 0.3 is 0 Å². The van der Waals surface area contributed by atoms with Gasteiger partial charge in [0.1, 0.15) is 0 Å². The highest BCUT2D eigenvalue weighted by atomic mass is 16.5. The second-order valence-electron chi connectivity index (χ2n) is 5.23. The van der Waals surface area contributed by atoms with Gasteiger partial charge in [-0.3, -0.25) is 0 Å². The van der Waals surface area contributed by atoms with Gasteiger partial charge < -0.3 is 9.64 Å². The Hall–Kier alpha value is -2.05. The van der Waals surface area contributed by atoms with Gasteiger partial charge in [0.15, 0.2) is 0 Å². The Morgan fingerprint density at radius 2 is 2.05 bits per heavy atom. The summed E-state index contributed by atoms with van der Waals surface area (Å²) in [5.41, 5.74) is 1.96. The smallest absolute Gasteiger partial charge is 0.0998 e. The standard InChI is InChI=1S/C17H18N2O/c1-20-12-14-5-4-10-19(14)17-9-8-13(11-18)15-6-2-3-7-16(15)17/h2-3,6-9,14H,4-5,10,12H2,1H3/t14-/m1/s1. The quantitative estimate of drug-likeness (QED) is 0.855. The molecule has 0 spiro atoms. The van der Waals surface area contributed by atoms with Crippen molar-refractivity contribution in [2.24, 2.45) is 0 Å². The van der Waals surface area contributed by atoms with Crippen LogP contribution < -0.4 is 4.90 Å². The average Bonchev–Trinajstić information content (AvgIpc) is 2.94. The average molecular weight is 266 g/mol. The molecule has 3 heteroatoms. The van der Waals surface area contributed by atoms with Crippen LogP contribution in [0.5, 0.6) is 0 Å². The summed E-state index contributed by atoms with van der Waals surface area (Å²) in [5, 5.41) is 11.4. The van der Waals surface area contributed by atoms with Crippen LogP contribution >= 0.6 is 0 Å². The van der Waals surface area contributed by atoms with Gasteiger partial charge in [0.2, 0.25) is 0 Å². The van der Waals surface area contributed by atoms with Crippen LogP contribution in [0.2, 0.25) is 0 Å². The first-order valence-electron chi connectivity index (χ1n) is 7.02. The van der Waals surface area contributed by atoms with Crippen molar-refractivity contribution in [3.63, 3.8) is 0 Å². The Bertz CT molecular complexity index is 660. The maximum Gasteiger partial charge on any atom is 0.0998 e. The molecule has 2 aromatic carbocycles. The van der Waals surface area contributed by atoms with Crippen molar-refractivity contribution in [3.8, 4) is 6.07 Å². The van der Waals surface area contributed by atoms with Gasteiger partial charge in [-0.2, -0.15) is 5.26 Å². The van der Waals surface area contributed by atoms with Crippen molar-refractivity contribution >= 4 is 16.5 Å². The predicted octanol–water partition coefficient (Wildman–Crippen LogP) is 3.33. The highest BCUT2D eigenvalue weighted by Crippen LogP contribution is 2.33. The van der Waals surface area contributed by atoms with E-state index in [1.807, 2.05) is 24.3 Å². The van der Waals surface area contributed by atoms with Crippen molar-refractivity contribution in [3.05, 3.63) is 42.0 Å². The molecule has 102 valence electrons. The van der Waals surface area contributed by atoms with Gasteiger partial charge in [-0.15, -0.1) is 0 Å². The summed E-state index contributed by atoms with van der Waals surface area (Å²) in [6.45, 7) is 1.82. The molecule has 1 aliphatic heterocycles. The Balaban J connectivity index is 2.11. The van der Waals surface area contributed by atoms with Crippen LogP contribution in [-0.2, 0) is 4.74 Å². The van der Waals surface area contributed by atoms with Crippen molar-refractivity contribution in [1.29, 1.82) is 5.26 Å². The molecule has 1 heterocycles. The molecule has 20 heavy (non-hydrogen) atoms. The molecule has 0 bridgehead atoms. The fourth-order valence-corrected chi connectivity index (χ4v) is 3.15. The van der Waals surface area contributed by atoms with Gasteiger partial charge in [-0.25, -0.2) is 0 Å². The van der Waals surface area contributed by atoms with Crippen LogP contribution in [0.4, 0.5) is 5.69 Å². The maximum absolute atomic E-state index is 9.24. The van der Waals surface area contributed by atoms with E-state index in [2.05, 4.69) is 23.1 Å². The number of nitriles is 1. The summed E-state index contributed by atoms with van der Waals surface area (Å²) in [6, 6.07) is 14.9. The minimum Gasteiger partial charge on any atom is -0.383 e. The number of methoxy groups -OCH3 is 1. The van der Waals surface area contributed by atoms with Crippen LogP contribution in [0.25, 0.3) is 10.8 Å². The van der Waals surface area contributed by atoms with Gasteiger partial charge in [0, 0.05) is 30.1 Å². The molecule has 0 aliphatic carbocycles. The van der Waals surface area contributed by atoms with Crippen LogP contribution in [0.15, 0.2) is 36.4 Å². The maximum atomic E-state index is 9.24. The van der Waals surface area contributed by atoms with Gasteiger partial charge in [-0.1, -0.05) is 24.3 Å².